The van der Waals surface area contributed by atoms with Crippen LogP contribution in [0, 0.1) is 0 Å². The van der Waals surface area contributed by atoms with Crippen LogP contribution in [0.5, 0.6) is 5.75 Å². The van der Waals surface area contributed by atoms with Gasteiger partial charge in [-0.1, -0.05) is 60.3 Å². The predicted molar refractivity (Wildman–Crippen MR) is 138 cm³/mol. The third-order valence-corrected chi connectivity index (χ3v) is 7.23. The molecule has 0 radical (unpaired) electrons. The molecule has 178 valence electrons. The fraction of sp³-hybridized carbons (Fsp3) is 0.462. The van der Waals surface area contributed by atoms with Crippen molar-refractivity contribution in [2.24, 2.45) is 0 Å². The maximum Gasteiger partial charge on any atom is 0.261 e. The second kappa shape index (κ2) is 12.6. The summed E-state index contributed by atoms with van der Waals surface area (Å²) in [6.07, 6.45) is 6.43. The zero-order chi connectivity index (χ0) is 23.8. The van der Waals surface area contributed by atoms with Crippen LogP contribution in [-0.2, 0) is 22.6 Å². The van der Waals surface area contributed by atoms with Crippen LogP contribution in [0.15, 0.2) is 51.4 Å². The van der Waals surface area contributed by atoms with E-state index in [1.165, 1.54) is 12.0 Å². The molecule has 2 aromatic rings. The van der Waals surface area contributed by atoms with Crippen LogP contribution in [0.25, 0.3) is 0 Å². The number of benzene rings is 2. The van der Waals surface area contributed by atoms with E-state index in [9.17, 15) is 9.59 Å². The Morgan fingerprint density at radius 1 is 1.09 bits per heavy atom. The molecule has 1 N–H and O–H groups in total. The highest BCUT2D eigenvalue weighted by molar-refractivity contribution is 9.10. The van der Waals surface area contributed by atoms with Crippen molar-refractivity contribution in [3.63, 3.8) is 0 Å². The Morgan fingerprint density at radius 2 is 1.85 bits per heavy atom. The Balaban J connectivity index is 1.72. The number of rotatable bonds is 9. The molecule has 2 amide bonds. The van der Waals surface area contributed by atoms with Gasteiger partial charge >= 0.3 is 0 Å². The van der Waals surface area contributed by atoms with Crippen molar-refractivity contribution in [1.29, 1.82) is 0 Å². The smallest absolute Gasteiger partial charge is 0.261 e. The van der Waals surface area contributed by atoms with Crippen molar-refractivity contribution in [1.82, 2.24) is 10.2 Å². The first-order chi connectivity index (χ1) is 15.9. The summed E-state index contributed by atoms with van der Waals surface area (Å²) < 4.78 is 7.59. The third-order valence-electron chi connectivity index (χ3n) is 6.12. The molecular formula is C26H32Br2N2O3. The van der Waals surface area contributed by atoms with Crippen molar-refractivity contribution < 1.29 is 14.3 Å². The van der Waals surface area contributed by atoms with Crippen LogP contribution in [0.2, 0.25) is 0 Å². The highest BCUT2D eigenvalue weighted by Gasteiger charge is 2.28. The van der Waals surface area contributed by atoms with Gasteiger partial charge in [-0.3, -0.25) is 9.59 Å². The molecule has 1 aliphatic carbocycles. The van der Waals surface area contributed by atoms with Gasteiger partial charge in [-0.15, -0.1) is 0 Å². The molecule has 1 fully saturated rings. The minimum atomic E-state index is -0.604. The van der Waals surface area contributed by atoms with Gasteiger partial charge in [0.15, 0.2) is 6.61 Å². The molecule has 1 saturated carbocycles. The summed E-state index contributed by atoms with van der Waals surface area (Å²) in [4.78, 5) is 27.9. The van der Waals surface area contributed by atoms with Crippen LogP contribution >= 0.6 is 31.9 Å². The number of nitrogens with zero attached hydrogens (tertiary/aromatic N) is 1. The second-order valence-electron chi connectivity index (χ2n) is 8.58. The minimum Gasteiger partial charge on any atom is -0.483 e. The normalized spacial score (nSPS) is 15.0. The summed E-state index contributed by atoms with van der Waals surface area (Å²) in [7, 11) is 0. The molecule has 0 aliphatic heterocycles. The van der Waals surface area contributed by atoms with Gasteiger partial charge in [-0.05, 0) is 77.5 Å². The van der Waals surface area contributed by atoms with Crippen LogP contribution in [0.3, 0.4) is 0 Å². The second-order valence-corrected chi connectivity index (χ2v) is 10.3. The zero-order valence-electron chi connectivity index (χ0n) is 19.3. The summed E-state index contributed by atoms with van der Waals surface area (Å²) in [5.41, 5.74) is 2.13. The molecule has 1 atom stereocenters. The molecular weight excluding hydrogens is 548 g/mol. The van der Waals surface area contributed by atoms with Gasteiger partial charge in [0, 0.05) is 17.1 Å². The highest BCUT2D eigenvalue weighted by Crippen LogP contribution is 2.26. The monoisotopic (exact) mass is 578 g/mol. The number of carbonyl (C=O) groups excluding carboxylic acids is 2. The number of ether oxygens (including phenoxy) is 1. The molecule has 5 nitrogen and oxygen atoms in total. The molecule has 3 rings (SSSR count). The number of amides is 2. The highest BCUT2D eigenvalue weighted by atomic mass is 79.9. The number of aryl methyl sites for hydroxylation is 1. The van der Waals surface area contributed by atoms with Crippen molar-refractivity contribution in [2.45, 2.75) is 71.0 Å². The van der Waals surface area contributed by atoms with Crippen LogP contribution in [-0.4, -0.2) is 35.4 Å². The molecule has 0 aromatic heterocycles. The maximum atomic E-state index is 13.3. The van der Waals surface area contributed by atoms with Gasteiger partial charge < -0.3 is 15.0 Å². The third kappa shape index (κ3) is 7.57. The Labute approximate surface area is 213 Å². The molecule has 0 bridgehead atoms. The largest absolute Gasteiger partial charge is 0.483 e. The van der Waals surface area contributed by atoms with Gasteiger partial charge in [-0.2, -0.15) is 0 Å². The minimum absolute atomic E-state index is 0.112. The van der Waals surface area contributed by atoms with Crippen LogP contribution in [0.1, 0.15) is 57.1 Å². The van der Waals surface area contributed by atoms with Gasteiger partial charge in [0.1, 0.15) is 11.8 Å². The lowest BCUT2D eigenvalue weighted by Crippen LogP contribution is -2.51. The lowest BCUT2D eigenvalue weighted by molar-refractivity contribution is -0.142. The fourth-order valence-corrected chi connectivity index (χ4v) is 5.07. The Kier molecular flexibility index (Phi) is 9.80. The van der Waals surface area contributed by atoms with Gasteiger partial charge in [0.25, 0.3) is 5.91 Å². The van der Waals surface area contributed by atoms with Crippen molar-refractivity contribution in [3.8, 4) is 5.75 Å². The van der Waals surface area contributed by atoms with Crippen molar-refractivity contribution in [3.05, 3.63) is 62.5 Å². The summed E-state index contributed by atoms with van der Waals surface area (Å²) in [6.45, 7) is 4.07. The van der Waals surface area contributed by atoms with E-state index in [4.69, 9.17) is 4.74 Å². The zero-order valence-corrected chi connectivity index (χ0v) is 22.5. The standard InChI is InChI=1S/C26H32Br2N2O3/c1-3-19-12-13-24(23(28)15-19)33-17-25(31)30(16-20-8-7-9-21(27)14-20)18(2)26(32)29-22-10-5-4-6-11-22/h7-9,12-15,18,22H,3-6,10-11,16-17H2,1-2H3,(H,29,32). The van der Waals surface area contributed by atoms with Crippen LogP contribution in [0.4, 0.5) is 0 Å². The van der Waals surface area contributed by atoms with Crippen molar-refractivity contribution >= 4 is 43.7 Å². The lowest BCUT2D eigenvalue weighted by atomic mass is 9.95. The lowest BCUT2D eigenvalue weighted by Gasteiger charge is -2.31. The number of nitrogens with one attached hydrogen (secondary N) is 1. The number of halogens is 2. The Bertz CT molecular complexity index is 960. The SMILES string of the molecule is CCc1ccc(OCC(=O)N(Cc2cccc(Br)c2)C(C)C(=O)NC2CCCCC2)c(Br)c1. The molecule has 7 heteroatoms. The first-order valence-corrected chi connectivity index (χ1v) is 13.2. The van der Waals surface area contributed by atoms with E-state index in [0.717, 1.165) is 46.6 Å². The van der Waals surface area contributed by atoms with E-state index < -0.39 is 6.04 Å². The first kappa shape index (κ1) is 25.8. The van der Waals surface area contributed by atoms with E-state index in [1.54, 1.807) is 11.8 Å². The molecule has 0 spiro atoms. The quantitative estimate of drug-likeness (QED) is 0.395. The molecule has 33 heavy (non-hydrogen) atoms. The summed E-state index contributed by atoms with van der Waals surface area (Å²) in [5, 5.41) is 3.16. The van der Waals surface area contributed by atoms with Crippen molar-refractivity contribution in [2.75, 3.05) is 6.61 Å². The molecule has 2 aromatic carbocycles. The van der Waals surface area contributed by atoms with E-state index in [1.807, 2.05) is 42.5 Å². The van der Waals surface area contributed by atoms with Gasteiger partial charge in [0.05, 0.1) is 4.47 Å². The average Bonchev–Trinajstić information content (AvgIpc) is 2.81. The number of carbonyl (C=O) groups is 2. The van der Waals surface area contributed by atoms with Gasteiger partial charge in [-0.25, -0.2) is 0 Å². The predicted octanol–water partition coefficient (Wildman–Crippen LogP) is 6.02. The summed E-state index contributed by atoms with van der Waals surface area (Å²) in [6, 6.07) is 13.2. The topological polar surface area (TPSA) is 58.6 Å². The van der Waals surface area contributed by atoms with Crippen LogP contribution < -0.4 is 10.1 Å². The maximum absolute atomic E-state index is 13.3. The molecule has 1 aliphatic rings. The number of hydrogen-bond acceptors (Lipinski definition) is 3. The van der Waals surface area contributed by atoms with E-state index >= 15 is 0 Å². The number of hydrogen-bond donors (Lipinski definition) is 1. The fourth-order valence-electron chi connectivity index (χ4n) is 4.09. The Morgan fingerprint density at radius 3 is 2.52 bits per heavy atom. The van der Waals surface area contributed by atoms with Gasteiger partial charge in [0.2, 0.25) is 5.91 Å². The molecule has 0 heterocycles. The first-order valence-electron chi connectivity index (χ1n) is 11.6. The van der Waals surface area contributed by atoms with E-state index in [0.29, 0.717) is 12.3 Å². The summed E-state index contributed by atoms with van der Waals surface area (Å²) in [5.74, 6) is 0.272. The summed E-state index contributed by atoms with van der Waals surface area (Å²) >= 11 is 7.01. The molecule has 1 unspecified atom stereocenters. The van der Waals surface area contributed by atoms with E-state index in [2.05, 4.69) is 44.1 Å². The Hall–Kier alpha value is -1.86. The van der Waals surface area contributed by atoms with E-state index in [-0.39, 0.29) is 24.5 Å². The average molecular weight is 580 g/mol. The molecule has 0 saturated heterocycles.